The third kappa shape index (κ3) is 4.85. The van der Waals surface area contributed by atoms with Gasteiger partial charge < -0.3 is 19.5 Å². The van der Waals surface area contributed by atoms with Gasteiger partial charge in [-0.15, -0.1) is 0 Å². The lowest BCUT2D eigenvalue weighted by atomic mass is 10.1. The second kappa shape index (κ2) is 9.54. The Bertz CT molecular complexity index is 1540. The third-order valence-corrected chi connectivity index (χ3v) is 6.50. The molecule has 0 aliphatic heterocycles. The molecule has 184 valence electrons. The smallest absolute Gasteiger partial charge is 0.416 e. The van der Waals surface area contributed by atoms with E-state index in [-0.39, 0.29) is 0 Å². The zero-order chi connectivity index (χ0) is 25.3. The van der Waals surface area contributed by atoms with Crippen LogP contribution in [0.15, 0.2) is 66.9 Å². The number of nitrogens with zero attached hydrogens (tertiary/aromatic N) is 2. The molecular formula is C26H20F3N3O3S. The Morgan fingerprint density at radius 1 is 0.861 bits per heavy atom. The largest absolute Gasteiger partial charge is 0.493 e. The lowest BCUT2D eigenvalue weighted by Crippen LogP contribution is -2.05. The Balaban J connectivity index is 1.34. The van der Waals surface area contributed by atoms with Crippen LogP contribution in [0, 0.1) is 0 Å². The van der Waals surface area contributed by atoms with Crippen molar-refractivity contribution in [2.45, 2.75) is 12.7 Å². The number of methoxy groups -OCH3 is 2. The number of alkyl halides is 3. The summed E-state index contributed by atoms with van der Waals surface area (Å²) in [4.78, 5) is 8.95. The van der Waals surface area contributed by atoms with Crippen LogP contribution in [0.2, 0.25) is 0 Å². The van der Waals surface area contributed by atoms with Gasteiger partial charge in [-0.05, 0) is 42.0 Å². The summed E-state index contributed by atoms with van der Waals surface area (Å²) in [7, 11) is 3.14. The molecule has 0 spiro atoms. The highest BCUT2D eigenvalue weighted by atomic mass is 32.1. The maximum Gasteiger partial charge on any atom is 0.416 e. The first-order valence-corrected chi connectivity index (χ1v) is 11.6. The van der Waals surface area contributed by atoms with Crippen LogP contribution in [-0.4, -0.2) is 24.2 Å². The molecule has 0 atom stereocenters. The van der Waals surface area contributed by atoms with Gasteiger partial charge in [-0.25, -0.2) is 4.98 Å². The summed E-state index contributed by atoms with van der Waals surface area (Å²) in [5, 5.41) is 4.61. The van der Waals surface area contributed by atoms with E-state index in [9.17, 15) is 13.2 Å². The number of thiazole rings is 1. The number of halogens is 3. The van der Waals surface area contributed by atoms with Crippen molar-refractivity contribution in [2.75, 3.05) is 19.5 Å². The van der Waals surface area contributed by atoms with E-state index in [1.165, 1.54) is 23.5 Å². The lowest BCUT2D eigenvalue weighted by Gasteiger charge is -2.12. The molecule has 2 heterocycles. The lowest BCUT2D eigenvalue weighted by molar-refractivity contribution is -0.137. The van der Waals surface area contributed by atoms with Crippen LogP contribution in [0.1, 0.15) is 11.1 Å². The Labute approximate surface area is 208 Å². The number of rotatable bonds is 7. The van der Waals surface area contributed by atoms with Crippen LogP contribution in [0.5, 0.6) is 23.0 Å². The minimum atomic E-state index is -4.35. The average molecular weight is 512 g/mol. The molecule has 2 aromatic heterocycles. The van der Waals surface area contributed by atoms with Gasteiger partial charge in [-0.2, -0.15) is 13.2 Å². The van der Waals surface area contributed by atoms with Crippen molar-refractivity contribution in [2.24, 2.45) is 0 Å². The molecule has 36 heavy (non-hydrogen) atoms. The first-order valence-electron chi connectivity index (χ1n) is 10.8. The fraction of sp³-hybridized carbons (Fsp3) is 0.154. The fourth-order valence-corrected chi connectivity index (χ4v) is 4.59. The van der Waals surface area contributed by atoms with Crippen LogP contribution in [0.25, 0.3) is 21.1 Å². The van der Waals surface area contributed by atoms with Crippen LogP contribution >= 0.6 is 11.3 Å². The van der Waals surface area contributed by atoms with Gasteiger partial charge in [-0.3, -0.25) is 4.98 Å². The first-order chi connectivity index (χ1) is 17.3. The highest BCUT2D eigenvalue weighted by Gasteiger charge is 2.29. The van der Waals surface area contributed by atoms with Crippen LogP contribution < -0.4 is 19.5 Å². The van der Waals surface area contributed by atoms with Gasteiger partial charge in [0.15, 0.2) is 16.6 Å². The van der Waals surface area contributed by atoms with E-state index >= 15 is 0 Å². The number of benzene rings is 3. The molecule has 0 radical (unpaired) electrons. The highest BCUT2D eigenvalue weighted by Crippen LogP contribution is 2.38. The van der Waals surface area contributed by atoms with Crippen molar-refractivity contribution in [1.29, 1.82) is 0 Å². The monoisotopic (exact) mass is 511 g/mol. The Morgan fingerprint density at radius 3 is 2.33 bits per heavy atom. The third-order valence-electron chi connectivity index (χ3n) is 5.52. The Morgan fingerprint density at radius 2 is 1.61 bits per heavy atom. The number of aromatic nitrogens is 2. The van der Waals surface area contributed by atoms with Crippen LogP contribution in [0.4, 0.5) is 18.3 Å². The van der Waals surface area contributed by atoms with Crippen molar-refractivity contribution < 1.29 is 27.4 Å². The van der Waals surface area contributed by atoms with Crippen molar-refractivity contribution in [3.05, 3.63) is 78.0 Å². The number of hydrogen-bond acceptors (Lipinski definition) is 7. The van der Waals surface area contributed by atoms with E-state index in [4.69, 9.17) is 14.2 Å². The summed E-state index contributed by atoms with van der Waals surface area (Å²) < 4.78 is 56.1. The highest BCUT2D eigenvalue weighted by molar-refractivity contribution is 7.22. The summed E-state index contributed by atoms with van der Waals surface area (Å²) in [6.07, 6.45) is -2.68. The van der Waals surface area contributed by atoms with E-state index < -0.39 is 11.7 Å². The number of fused-ring (bicyclic) bond motifs is 2. The molecule has 0 saturated carbocycles. The predicted octanol–water partition coefficient (Wildman–Crippen LogP) is 7.28. The van der Waals surface area contributed by atoms with Crippen molar-refractivity contribution in [1.82, 2.24) is 9.97 Å². The van der Waals surface area contributed by atoms with E-state index in [1.54, 1.807) is 32.5 Å². The number of pyridine rings is 1. The number of nitrogens with one attached hydrogen (secondary N) is 1. The minimum absolute atomic E-state index is 0.357. The van der Waals surface area contributed by atoms with Gasteiger partial charge in [0.05, 0.1) is 35.5 Å². The van der Waals surface area contributed by atoms with Crippen molar-refractivity contribution >= 4 is 37.6 Å². The van der Waals surface area contributed by atoms with E-state index in [0.29, 0.717) is 40.2 Å². The standard InChI is InChI=1S/C26H20F3N3O3S/c1-33-22-12-18-20(13-23(22)34-2)30-10-9-21(18)35-17-7-8-19-24(11-17)36-25(32-19)31-14-15-3-5-16(6-4-15)26(27,28)29/h3-13H,14H2,1-2H3,(H,31,32). The van der Waals surface area contributed by atoms with E-state index in [2.05, 4.69) is 15.3 Å². The summed E-state index contributed by atoms with van der Waals surface area (Å²) in [5.74, 6) is 2.40. The first kappa shape index (κ1) is 23.7. The predicted molar refractivity (Wildman–Crippen MR) is 133 cm³/mol. The summed E-state index contributed by atoms with van der Waals surface area (Å²) in [6, 6.07) is 16.0. The molecule has 1 N–H and O–H groups in total. The molecule has 0 aliphatic rings. The van der Waals surface area contributed by atoms with Gasteiger partial charge >= 0.3 is 6.18 Å². The number of anilines is 1. The minimum Gasteiger partial charge on any atom is -0.493 e. The fourth-order valence-electron chi connectivity index (χ4n) is 3.70. The second-order valence-corrected chi connectivity index (χ2v) is 8.86. The molecule has 6 nitrogen and oxygen atoms in total. The molecule has 5 aromatic rings. The molecule has 0 fully saturated rings. The van der Waals surface area contributed by atoms with Crippen LogP contribution in [0.3, 0.4) is 0 Å². The number of ether oxygens (including phenoxy) is 3. The summed E-state index contributed by atoms with van der Waals surface area (Å²) >= 11 is 1.43. The van der Waals surface area contributed by atoms with E-state index in [0.717, 1.165) is 33.3 Å². The Kier molecular flexibility index (Phi) is 6.27. The molecular weight excluding hydrogens is 491 g/mol. The van der Waals surface area contributed by atoms with Gasteiger partial charge in [0, 0.05) is 30.3 Å². The van der Waals surface area contributed by atoms with Gasteiger partial charge in [0.1, 0.15) is 11.5 Å². The van der Waals surface area contributed by atoms with E-state index in [1.807, 2.05) is 24.3 Å². The SMILES string of the molecule is COc1cc2nccc(Oc3ccc4nc(NCc5ccc(C(F)(F)F)cc5)sc4c3)c2cc1OC. The van der Waals surface area contributed by atoms with Crippen molar-refractivity contribution in [3.63, 3.8) is 0 Å². The van der Waals surface area contributed by atoms with Crippen LogP contribution in [-0.2, 0) is 12.7 Å². The Hall–Kier alpha value is -4.05. The normalized spacial score (nSPS) is 11.6. The average Bonchev–Trinajstić information content (AvgIpc) is 3.29. The molecule has 3 aromatic carbocycles. The zero-order valence-corrected chi connectivity index (χ0v) is 20.0. The molecule has 0 bridgehead atoms. The molecule has 0 saturated heterocycles. The zero-order valence-electron chi connectivity index (χ0n) is 19.2. The van der Waals surface area contributed by atoms with Crippen molar-refractivity contribution in [3.8, 4) is 23.0 Å². The number of hydrogen-bond donors (Lipinski definition) is 1. The maximum absolute atomic E-state index is 12.8. The quantitative estimate of drug-likeness (QED) is 0.248. The molecule has 10 heteroatoms. The molecule has 0 amide bonds. The van der Waals surface area contributed by atoms with Gasteiger partial charge in [-0.1, -0.05) is 23.5 Å². The second-order valence-electron chi connectivity index (χ2n) is 7.83. The summed E-state index contributed by atoms with van der Waals surface area (Å²) in [6.45, 7) is 0.357. The maximum atomic E-state index is 12.8. The van der Waals surface area contributed by atoms with Gasteiger partial charge in [0.2, 0.25) is 0 Å². The molecule has 0 unspecified atom stereocenters. The topological polar surface area (TPSA) is 65.5 Å². The molecule has 5 rings (SSSR count). The summed E-state index contributed by atoms with van der Waals surface area (Å²) in [5.41, 5.74) is 1.55. The molecule has 0 aliphatic carbocycles. The van der Waals surface area contributed by atoms with Gasteiger partial charge in [0.25, 0.3) is 0 Å².